The molecule has 1 aromatic heterocycles. The fourth-order valence-electron chi connectivity index (χ4n) is 2.42. The number of nitrogens with zero attached hydrogens (tertiary/aromatic N) is 2. The fourth-order valence-corrected chi connectivity index (χ4v) is 2.42. The zero-order chi connectivity index (χ0) is 17.7. The van der Waals surface area contributed by atoms with E-state index in [1.54, 1.807) is 31.2 Å². The summed E-state index contributed by atoms with van der Waals surface area (Å²) in [6, 6.07) is 6.07. The van der Waals surface area contributed by atoms with Gasteiger partial charge in [-0.05, 0) is 18.1 Å². The largest absolute Gasteiger partial charge is 0.480 e. The second-order valence-electron chi connectivity index (χ2n) is 5.78. The van der Waals surface area contributed by atoms with Crippen molar-refractivity contribution in [2.24, 2.45) is 5.92 Å². The molecular weight excluding hydrogens is 310 g/mol. The number of aliphatic carboxylic acids is 1. The summed E-state index contributed by atoms with van der Waals surface area (Å²) in [7, 11) is 0. The average Bonchev–Trinajstić information content (AvgIpc) is 2.58. The molecule has 0 saturated carbocycles. The number of aryl methyl sites for hydroxylation is 1. The molecule has 0 bridgehead atoms. The van der Waals surface area contributed by atoms with Crippen LogP contribution in [0, 0.1) is 5.92 Å². The molecule has 0 aliphatic carbocycles. The number of carbonyl (C=O) groups is 2. The van der Waals surface area contributed by atoms with Gasteiger partial charge in [0.1, 0.15) is 6.04 Å². The molecule has 24 heavy (non-hydrogen) atoms. The van der Waals surface area contributed by atoms with Crippen molar-refractivity contribution in [3.63, 3.8) is 0 Å². The van der Waals surface area contributed by atoms with E-state index in [2.05, 4.69) is 10.3 Å². The van der Waals surface area contributed by atoms with Crippen LogP contribution in [-0.2, 0) is 16.1 Å². The van der Waals surface area contributed by atoms with Gasteiger partial charge in [0, 0.05) is 13.0 Å². The Kier molecular flexibility index (Phi) is 5.68. The van der Waals surface area contributed by atoms with E-state index in [1.165, 1.54) is 10.9 Å². The third-order valence-corrected chi connectivity index (χ3v) is 4.11. The number of hydrogen-bond donors (Lipinski definition) is 2. The molecule has 0 aliphatic heterocycles. The van der Waals surface area contributed by atoms with E-state index in [0.29, 0.717) is 17.3 Å². The van der Waals surface area contributed by atoms with Gasteiger partial charge in [-0.25, -0.2) is 9.78 Å². The number of rotatable bonds is 7. The van der Waals surface area contributed by atoms with E-state index in [9.17, 15) is 19.5 Å². The maximum Gasteiger partial charge on any atom is 0.326 e. The highest BCUT2D eigenvalue weighted by Crippen LogP contribution is 2.08. The zero-order valence-corrected chi connectivity index (χ0v) is 13.7. The molecule has 2 aromatic rings. The second kappa shape index (κ2) is 7.72. The van der Waals surface area contributed by atoms with Crippen LogP contribution in [0.5, 0.6) is 0 Å². The molecule has 1 aromatic carbocycles. The summed E-state index contributed by atoms with van der Waals surface area (Å²) in [6.45, 7) is 3.79. The molecule has 0 aliphatic rings. The number of carbonyl (C=O) groups excluding carboxylic acids is 1. The summed E-state index contributed by atoms with van der Waals surface area (Å²) in [5.41, 5.74) is 0.385. The predicted molar refractivity (Wildman–Crippen MR) is 89.6 cm³/mol. The van der Waals surface area contributed by atoms with Crippen molar-refractivity contribution in [2.75, 3.05) is 0 Å². The SMILES string of the molecule is CCC(C)C(NC(=O)CCn1cnc2ccccc2c1=O)C(=O)O. The fraction of sp³-hybridized carbons (Fsp3) is 0.412. The average molecular weight is 331 g/mol. The van der Waals surface area contributed by atoms with Crippen molar-refractivity contribution in [1.29, 1.82) is 0 Å². The number of para-hydroxylation sites is 1. The molecule has 0 fully saturated rings. The minimum absolute atomic E-state index is 0.0140. The van der Waals surface area contributed by atoms with Gasteiger partial charge in [-0.1, -0.05) is 32.4 Å². The Labute approximate surface area is 139 Å². The Morgan fingerprint density at radius 1 is 1.33 bits per heavy atom. The summed E-state index contributed by atoms with van der Waals surface area (Å²) in [6.07, 6.45) is 2.06. The van der Waals surface area contributed by atoms with Gasteiger partial charge in [0.2, 0.25) is 5.91 Å². The molecule has 2 N–H and O–H groups in total. The van der Waals surface area contributed by atoms with Crippen LogP contribution in [0.4, 0.5) is 0 Å². The van der Waals surface area contributed by atoms with Gasteiger partial charge in [-0.2, -0.15) is 0 Å². The predicted octanol–water partition coefficient (Wildman–Crippen LogP) is 1.40. The van der Waals surface area contributed by atoms with Crippen LogP contribution < -0.4 is 10.9 Å². The van der Waals surface area contributed by atoms with Crippen LogP contribution in [0.15, 0.2) is 35.4 Å². The summed E-state index contributed by atoms with van der Waals surface area (Å²) >= 11 is 0. The molecule has 1 heterocycles. The number of hydrogen-bond acceptors (Lipinski definition) is 4. The highest BCUT2D eigenvalue weighted by atomic mass is 16.4. The lowest BCUT2D eigenvalue weighted by Crippen LogP contribution is -2.45. The summed E-state index contributed by atoms with van der Waals surface area (Å²) in [5.74, 6) is -1.62. The lowest BCUT2D eigenvalue weighted by atomic mass is 9.99. The van der Waals surface area contributed by atoms with Gasteiger partial charge in [-0.15, -0.1) is 0 Å². The molecule has 7 heteroatoms. The smallest absolute Gasteiger partial charge is 0.326 e. The lowest BCUT2D eigenvalue weighted by Gasteiger charge is -2.20. The second-order valence-corrected chi connectivity index (χ2v) is 5.78. The molecule has 128 valence electrons. The Balaban J connectivity index is 2.05. The number of carboxylic acid groups (broad SMARTS) is 1. The van der Waals surface area contributed by atoms with Crippen LogP contribution in [0.3, 0.4) is 0 Å². The van der Waals surface area contributed by atoms with E-state index in [4.69, 9.17) is 0 Å². The Morgan fingerprint density at radius 2 is 2.04 bits per heavy atom. The molecule has 2 unspecified atom stereocenters. The topological polar surface area (TPSA) is 101 Å². The molecule has 2 rings (SSSR count). The number of fused-ring (bicyclic) bond motifs is 1. The van der Waals surface area contributed by atoms with Gasteiger partial charge >= 0.3 is 5.97 Å². The van der Waals surface area contributed by atoms with E-state index < -0.39 is 17.9 Å². The summed E-state index contributed by atoms with van der Waals surface area (Å²) in [4.78, 5) is 39.8. The van der Waals surface area contributed by atoms with Crippen LogP contribution in [0.1, 0.15) is 26.7 Å². The molecular formula is C17H21N3O4. The first-order chi connectivity index (χ1) is 11.4. The molecule has 2 atom stereocenters. The van der Waals surface area contributed by atoms with Gasteiger partial charge < -0.3 is 10.4 Å². The highest BCUT2D eigenvalue weighted by molar-refractivity contribution is 5.83. The molecule has 0 spiro atoms. The highest BCUT2D eigenvalue weighted by Gasteiger charge is 2.25. The van der Waals surface area contributed by atoms with Crippen molar-refractivity contribution >= 4 is 22.8 Å². The summed E-state index contributed by atoms with van der Waals surface area (Å²) in [5, 5.41) is 12.2. The van der Waals surface area contributed by atoms with Crippen molar-refractivity contribution < 1.29 is 14.7 Å². The monoisotopic (exact) mass is 331 g/mol. The van der Waals surface area contributed by atoms with Crippen LogP contribution in [0.25, 0.3) is 10.9 Å². The van der Waals surface area contributed by atoms with Crippen molar-refractivity contribution in [1.82, 2.24) is 14.9 Å². The third kappa shape index (κ3) is 3.98. The van der Waals surface area contributed by atoms with E-state index in [0.717, 1.165) is 0 Å². The first-order valence-electron chi connectivity index (χ1n) is 7.90. The number of carboxylic acids is 1. The number of aromatic nitrogens is 2. The van der Waals surface area contributed by atoms with E-state index >= 15 is 0 Å². The van der Waals surface area contributed by atoms with E-state index in [1.807, 2.05) is 6.92 Å². The van der Waals surface area contributed by atoms with Crippen molar-refractivity contribution in [2.45, 2.75) is 39.3 Å². The van der Waals surface area contributed by atoms with Gasteiger partial charge in [-0.3, -0.25) is 14.2 Å². The van der Waals surface area contributed by atoms with Crippen LogP contribution >= 0.6 is 0 Å². The Bertz CT molecular complexity index is 800. The first kappa shape index (κ1) is 17.7. The normalized spacial score (nSPS) is 13.4. The number of amides is 1. The minimum atomic E-state index is -1.05. The lowest BCUT2D eigenvalue weighted by molar-refractivity contribution is -0.143. The van der Waals surface area contributed by atoms with Gasteiger partial charge in [0.25, 0.3) is 5.56 Å². The maximum absolute atomic E-state index is 12.3. The zero-order valence-electron chi connectivity index (χ0n) is 13.7. The molecule has 7 nitrogen and oxygen atoms in total. The van der Waals surface area contributed by atoms with Gasteiger partial charge in [0.15, 0.2) is 0 Å². The standard InChI is InChI=1S/C17H21N3O4/c1-3-11(2)15(17(23)24)19-14(21)8-9-20-10-18-13-7-5-4-6-12(13)16(20)22/h4-7,10-11,15H,3,8-9H2,1-2H3,(H,19,21)(H,23,24). The number of benzene rings is 1. The van der Waals surface area contributed by atoms with E-state index in [-0.39, 0.29) is 24.4 Å². The summed E-state index contributed by atoms with van der Waals surface area (Å²) < 4.78 is 1.36. The Morgan fingerprint density at radius 3 is 2.71 bits per heavy atom. The molecule has 1 amide bonds. The minimum Gasteiger partial charge on any atom is -0.480 e. The quantitative estimate of drug-likeness (QED) is 0.798. The Hall–Kier alpha value is -2.70. The number of nitrogens with one attached hydrogen (secondary N) is 1. The van der Waals surface area contributed by atoms with Crippen LogP contribution in [0.2, 0.25) is 0 Å². The molecule has 0 saturated heterocycles. The van der Waals surface area contributed by atoms with Crippen molar-refractivity contribution in [3.05, 3.63) is 40.9 Å². The first-order valence-corrected chi connectivity index (χ1v) is 7.90. The third-order valence-electron chi connectivity index (χ3n) is 4.11. The molecule has 0 radical (unpaired) electrons. The van der Waals surface area contributed by atoms with Gasteiger partial charge in [0.05, 0.1) is 17.2 Å². The van der Waals surface area contributed by atoms with Crippen molar-refractivity contribution in [3.8, 4) is 0 Å². The maximum atomic E-state index is 12.3. The van der Waals surface area contributed by atoms with Crippen LogP contribution in [-0.4, -0.2) is 32.6 Å².